The highest BCUT2D eigenvalue weighted by atomic mass is 16.5. The SMILES string of the molecule is Cc1ccc(C(=O)N2CC[C@H]3O[C@@H](C(=O)NC(C)C)CC[C@H]32)cn1. The summed E-state index contributed by atoms with van der Waals surface area (Å²) in [5, 5.41) is 2.90. The van der Waals surface area contributed by atoms with Crippen LogP contribution in [0.25, 0.3) is 0 Å². The smallest absolute Gasteiger partial charge is 0.255 e. The van der Waals surface area contributed by atoms with Crippen LogP contribution < -0.4 is 5.32 Å². The lowest BCUT2D eigenvalue weighted by Gasteiger charge is -2.35. The summed E-state index contributed by atoms with van der Waals surface area (Å²) in [6.07, 6.45) is 3.41. The van der Waals surface area contributed by atoms with Crippen LogP contribution in [0.2, 0.25) is 0 Å². The van der Waals surface area contributed by atoms with Gasteiger partial charge in [-0.3, -0.25) is 14.6 Å². The van der Waals surface area contributed by atoms with Gasteiger partial charge >= 0.3 is 0 Å². The van der Waals surface area contributed by atoms with Crippen molar-refractivity contribution in [2.75, 3.05) is 6.54 Å². The summed E-state index contributed by atoms with van der Waals surface area (Å²) in [5.74, 6) is -0.0420. The molecule has 3 atom stereocenters. The number of carbonyl (C=O) groups excluding carboxylic acids is 2. The number of aryl methyl sites for hydroxylation is 1. The molecule has 1 aromatic heterocycles. The summed E-state index contributed by atoms with van der Waals surface area (Å²) in [6, 6.07) is 3.83. The third kappa shape index (κ3) is 3.43. The van der Waals surface area contributed by atoms with Gasteiger partial charge in [0.05, 0.1) is 17.7 Å². The summed E-state index contributed by atoms with van der Waals surface area (Å²) >= 11 is 0. The minimum absolute atomic E-state index is 0.00341. The fourth-order valence-corrected chi connectivity index (χ4v) is 3.51. The molecule has 2 aliphatic heterocycles. The normalized spacial score (nSPS) is 26.3. The Hall–Kier alpha value is -1.95. The summed E-state index contributed by atoms with van der Waals surface area (Å²) in [7, 11) is 0. The second-order valence-corrected chi connectivity index (χ2v) is 6.95. The quantitative estimate of drug-likeness (QED) is 0.915. The van der Waals surface area contributed by atoms with Gasteiger partial charge in [-0.1, -0.05) is 0 Å². The predicted octanol–water partition coefficient (Wildman–Crippen LogP) is 1.68. The second-order valence-electron chi connectivity index (χ2n) is 6.95. The first-order valence-electron chi connectivity index (χ1n) is 8.65. The molecule has 3 heterocycles. The Morgan fingerprint density at radius 1 is 1.29 bits per heavy atom. The van der Waals surface area contributed by atoms with Crippen LogP contribution >= 0.6 is 0 Å². The van der Waals surface area contributed by atoms with Gasteiger partial charge in [0.15, 0.2) is 0 Å². The fourth-order valence-electron chi connectivity index (χ4n) is 3.51. The Kier molecular flexibility index (Phi) is 4.85. The molecular formula is C18H25N3O3. The molecular weight excluding hydrogens is 306 g/mol. The van der Waals surface area contributed by atoms with Crippen molar-refractivity contribution in [2.45, 2.75) is 64.3 Å². The summed E-state index contributed by atoms with van der Waals surface area (Å²) < 4.78 is 5.99. The molecule has 1 N–H and O–H groups in total. The van der Waals surface area contributed by atoms with Crippen molar-refractivity contribution in [1.82, 2.24) is 15.2 Å². The van der Waals surface area contributed by atoms with E-state index in [0.717, 1.165) is 18.5 Å². The van der Waals surface area contributed by atoms with Crippen molar-refractivity contribution < 1.29 is 14.3 Å². The van der Waals surface area contributed by atoms with E-state index in [1.54, 1.807) is 6.20 Å². The number of nitrogens with zero attached hydrogens (tertiary/aromatic N) is 2. The first-order chi connectivity index (χ1) is 11.5. The van der Waals surface area contributed by atoms with Crippen LogP contribution in [0, 0.1) is 6.92 Å². The van der Waals surface area contributed by atoms with E-state index in [9.17, 15) is 9.59 Å². The summed E-state index contributed by atoms with van der Waals surface area (Å²) in [5.41, 5.74) is 1.51. The Labute approximate surface area is 142 Å². The maximum Gasteiger partial charge on any atom is 0.255 e. The third-order valence-corrected chi connectivity index (χ3v) is 4.69. The van der Waals surface area contributed by atoms with Gasteiger partial charge in [-0.15, -0.1) is 0 Å². The van der Waals surface area contributed by atoms with Gasteiger partial charge in [0, 0.05) is 24.5 Å². The fraction of sp³-hybridized carbons (Fsp3) is 0.611. The number of carbonyl (C=O) groups is 2. The van der Waals surface area contributed by atoms with Gasteiger partial charge in [0.1, 0.15) is 6.10 Å². The first kappa shape index (κ1) is 16.9. The Bertz CT molecular complexity index is 614. The second kappa shape index (κ2) is 6.89. The van der Waals surface area contributed by atoms with Crippen molar-refractivity contribution >= 4 is 11.8 Å². The minimum atomic E-state index is -0.398. The zero-order valence-electron chi connectivity index (χ0n) is 14.5. The number of ether oxygens (including phenoxy) is 1. The topological polar surface area (TPSA) is 71.5 Å². The molecule has 0 aromatic carbocycles. The number of pyridine rings is 1. The highest BCUT2D eigenvalue weighted by Crippen LogP contribution is 2.32. The molecule has 0 unspecified atom stereocenters. The van der Waals surface area contributed by atoms with Gasteiger partial charge in [0.2, 0.25) is 5.91 Å². The van der Waals surface area contributed by atoms with Gasteiger partial charge < -0.3 is 15.0 Å². The Morgan fingerprint density at radius 2 is 2.08 bits per heavy atom. The molecule has 2 amide bonds. The van der Waals surface area contributed by atoms with Crippen molar-refractivity contribution in [3.05, 3.63) is 29.6 Å². The van der Waals surface area contributed by atoms with Gasteiger partial charge in [-0.25, -0.2) is 0 Å². The molecule has 3 rings (SSSR count). The highest BCUT2D eigenvalue weighted by Gasteiger charge is 2.43. The van der Waals surface area contributed by atoms with Crippen molar-refractivity contribution in [2.24, 2.45) is 0 Å². The van der Waals surface area contributed by atoms with Crippen molar-refractivity contribution in [3.63, 3.8) is 0 Å². The van der Waals surface area contributed by atoms with Gasteiger partial charge in [-0.2, -0.15) is 0 Å². The number of nitrogens with one attached hydrogen (secondary N) is 1. The molecule has 0 spiro atoms. The van der Waals surface area contributed by atoms with E-state index < -0.39 is 6.10 Å². The Morgan fingerprint density at radius 3 is 2.75 bits per heavy atom. The highest BCUT2D eigenvalue weighted by molar-refractivity contribution is 5.94. The largest absolute Gasteiger partial charge is 0.363 e. The average molecular weight is 331 g/mol. The molecule has 0 saturated carbocycles. The zero-order chi connectivity index (χ0) is 17.3. The minimum Gasteiger partial charge on any atom is -0.363 e. The number of likely N-dealkylation sites (tertiary alicyclic amines) is 1. The number of hydrogen-bond acceptors (Lipinski definition) is 4. The number of fused-ring (bicyclic) bond motifs is 1. The molecule has 24 heavy (non-hydrogen) atoms. The standard InChI is InChI=1S/C18H25N3O3/c1-11(2)20-17(22)16-7-6-14-15(24-16)8-9-21(14)18(23)13-5-4-12(3)19-10-13/h4-5,10-11,14-16H,6-9H2,1-3H3,(H,20,22)/t14-,15-,16-/m1/s1. The van der Waals surface area contributed by atoms with Gasteiger partial charge in [-0.05, 0) is 52.2 Å². The molecule has 130 valence electrons. The lowest BCUT2D eigenvalue weighted by Crippen LogP contribution is -2.49. The van der Waals surface area contributed by atoms with Crippen LogP contribution in [0.5, 0.6) is 0 Å². The maximum absolute atomic E-state index is 12.7. The van der Waals surface area contributed by atoms with Gasteiger partial charge in [0.25, 0.3) is 5.91 Å². The van der Waals surface area contributed by atoms with E-state index >= 15 is 0 Å². The molecule has 2 aliphatic rings. The molecule has 6 heteroatoms. The van der Waals surface area contributed by atoms with Crippen LogP contribution in [0.4, 0.5) is 0 Å². The Balaban J connectivity index is 1.64. The number of rotatable bonds is 3. The molecule has 2 saturated heterocycles. The lowest BCUT2D eigenvalue weighted by molar-refractivity contribution is -0.143. The van der Waals surface area contributed by atoms with E-state index in [4.69, 9.17) is 4.74 Å². The molecule has 0 radical (unpaired) electrons. The van der Waals surface area contributed by atoms with E-state index in [-0.39, 0.29) is 30.0 Å². The van der Waals surface area contributed by atoms with Crippen LogP contribution in [-0.2, 0) is 9.53 Å². The van der Waals surface area contributed by atoms with Crippen LogP contribution in [0.3, 0.4) is 0 Å². The van der Waals surface area contributed by atoms with Crippen LogP contribution in [0.1, 0.15) is 49.2 Å². The van der Waals surface area contributed by atoms with Crippen molar-refractivity contribution in [3.8, 4) is 0 Å². The average Bonchev–Trinajstić information content (AvgIpc) is 2.97. The van der Waals surface area contributed by atoms with Crippen LogP contribution in [-0.4, -0.2) is 52.5 Å². The number of aromatic nitrogens is 1. The number of hydrogen-bond donors (Lipinski definition) is 1. The van der Waals surface area contributed by atoms with Crippen molar-refractivity contribution in [1.29, 1.82) is 0 Å². The number of amides is 2. The first-order valence-corrected chi connectivity index (χ1v) is 8.65. The zero-order valence-corrected chi connectivity index (χ0v) is 14.5. The molecule has 1 aromatic rings. The summed E-state index contributed by atoms with van der Waals surface area (Å²) in [6.45, 7) is 6.45. The molecule has 2 fully saturated rings. The molecule has 0 aliphatic carbocycles. The van der Waals surface area contributed by atoms with E-state index in [0.29, 0.717) is 18.5 Å². The van der Waals surface area contributed by atoms with E-state index in [1.807, 2.05) is 37.8 Å². The maximum atomic E-state index is 12.7. The molecule has 0 bridgehead atoms. The summed E-state index contributed by atoms with van der Waals surface area (Å²) in [4.78, 5) is 31.0. The predicted molar refractivity (Wildman–Crippen MR) is 89.6 cm³/mol. The van der Waals surface area contributed by atoms with E-state index in [2.05, 4.69) is 10.3 Å². The molecule has 6 nitrogen and oxygen atoms in total. The van der Waals surface area contributed by atoms with E-state index in [1.165, 1.54) is 0 Å². The third-order valence-electron chi connectivity index (χ3n) is 4.69. The lowest BCUT2D eigenvalue weighted by atomic mass is 9.98. The van der Waals surface area contributed by atoms with Crippen LogP contribution in [0.15, 0.2) is 18.3 Å². The monoisotopic (exact) mass is 331 g/mol.